The summed E-state index contributed by atoms with van der Waals surface area (Å²) >= 11 is 3.94. The van der Waals surface area contributed by atoms with E-state index in [-0.39, 0.29) is 16.5 Å². The fraction of sp³-hybridized carbons (Fsp3) is 0.286. The summed E-state index contributed by atoms with van der Waals surface area (Å²) in [7, 11) is 1.22. The zero-order valence-corrected chi connectivity index (χ0v) is 15.4. The van der Waals surface area contributed by atoms with Crippen LogP contribution >= 0.6 is 27.7 Å². The predicted molar refractivity (Wildman–Crippen MR) is 92.5 cm³/mol. The number of aliphatic carboxylic acids is 1. The zero-order valence-electron chi connectivity index (χ0n) is 13.0. The van der Waals surface area contributed by atoms with Crippen molar-refractivity contribution in [3.8, 4) is 5.75 Å². The molecule has 1 amide bonds. The predicted octanol–water partition coefficient (Wildman–Crippen LogP) is 2.87. The number of thioether (sulfide) groups is 1. The summed E-state index contributed by atoms with van der Waals surface area (Å²) in [6.45, 7) is 0. The molecule has 1 unspecified atom stereocenters. The fourth-order valence-corrected chi connectivity index (χ4v) is 3.46. The van der Waals surface area contributed by atoms with Crippen molar-refractivity contribution in [1.29, 1.82) is 0 Å². The Bertz CT molecular complexity index is 798. The number of carboxylic acid groups (broad SMARTS) is 1. The maximum absolute atomic E-state index is 13.2. The molecule has 1 aliphatic heterocycles. The SMILES string of the molecule is COc1c(Br)ccc(C(F)(F)F)c1C=NN=C1NC(=O)C(CC(=O)O)S1. The van der Waals surface area contributed by atoms with Gasteiger partial charge in [0.1, 0.15) is 11.0 Å². The Morgan fingerprint density at radius 1 is 1.50 bits per heavy atom. The van der Waals surface area contributed by atoms with E-state index >= 15 is 0 Å². The van der Waals surface area contributed by atoms with Crippen molar-refractivity contribution < 1.29 is 32.6 Å². The normalized spacial score (nSPS) is 19.2. The van der Waals surface area contributed by atoms with Crippen LogP contribution in [0.3, 0.4) is 0 Å². The maximum Gasteiger partial charge on any atom is 0.417 e. The molecule has 0 saturated carbocycles. The lowest BCUT2D eigenvalue weighted by Crippen LogP contribution is -2.26. The third kappa shape index (κ3) is 4.75. The average Bonchev–Trinajstić information content (AvgIpc) is 2.85. The van der Waals surface area contributed by atoms with Crippen molar-refractivity contribution in [3.05, 3.63) is 27.7 Å². The van der Waals surface area contributed by atoms with Crippen LogP contribution in [0.2, 0.25) is 0 Å². The van der Waals surface area contributed by atoms with Gasteiger partial charge < -0.3 is 15.2 Å². The number of nitrogens with one attached hydrogen (secondary N) is 1. The molecule has 1 heterocycles. The number of ether oxygens (including phenoxy) is 1. The van der Waals surface area contributed by atoms with Gasteiger partial charge in [-0.1, -0.05) is 11.8 Å². The number of amides is 1. The van der Waals surface area contributed by atoms with E-state index < -0.39 is 35.3 Å². The lowest BCUT2D eigenvalue weighted by atomic mass is 10.1. The Balaban J connectivity index is 2.29. The topological polar surface area (TPSA) is 100 Å². The average molecular weight is 454 g/mol. The standard InChI is InChI=1S/C14H11BrF3N3O4S/c1-25-11-6(7(14(16,17)18)2-3-8(11)15)5-19-21-13-20-12(24)9(26-13)4-10(22)23/h2-3,5,9H,4H2,1H3,(H,22,23)(H,20,21,24). The molecule has 2 N–H and O–H groups in total. The van der Waals surface area contributed by atoms with Crippen LogP contribution in [-0.2, 0) is 15.8 Å². The first-order valence-corrected chi connectivity index (χ1v) is 8.54. The number of methoxy groups -OCH3 is 1. The van der Waals surface area contributed by atoms with E-state index in [9.17, 15) is 22.8 Å². The third-order valence-electron chi connectivity index (χ3n) is 3.13. The number of hydrogen-bond donors (Lipinski definition) is 2. The number of hydrogen-bond acceptors (Lipinski definition) is 6. The molecule has 7 nitrogen and oxygen atoms in total. The van der Waals surface area contributed by atoms with Gasteiger partial charge in [0.15, 0.2) is 5.17 Å². The molecule has 0 aliphatic carbocycles. The second-order valence-corrected chi connectivity index (χ2v) is 6.93. The number of benzene rings is 1. The molecule has 140 valence electrons. The minimum Gasteiger partial charge on any atom is -0.495 e. The largest absolute Gasteiger partial charge is 0.495 e. The van der Waals surface area contributed by atoms with Gasteiger partial charge in [0, 0.05) is 0 Å². The summed E-state index contributed by atoms with van der Waals surface area (Å²) in [5, 5.41) is 17.4. The van der Waals surface area contributed by atoms with E-state index in [0.717, 1.165) is 24.0 Å². The quantitative estimate of drug-likeness (QED) is 0.527. The maximum atomic E-state index is 13.2. The van der Waals surface area contributed by atoms with Gasteiger partial charge >= 0.3 is 12.1 Å². The van der Waals surface area contributed by atoms with Crippen LogP contribution in [0, 0.1) is 0 Å². The van der Waals surface area contributed by atoms with Crippen LogP contribution in [0.5, 0.6) is 5.75 Å². The minimum atomic E-state index is -4.63. The molecule has 0 aromatic heterocycles. The molecule has 1 aromatic rings. The molecule has 1 atom stereocenters. The van der Waals surface area contributed by atoms with Crippen LogP contribution in [0.4, 0.5) is 13.2 Å². The summed E-state index contributed by atoms with van der Waals surface area (Å²) in [4.78, 5) is 22.2. The molecule has 26 heavy (non-hydrogen) atoms. The first-order valence-electron chi connectivity index (χ1n) is 6.87. The highest BCUT2D eigenvalue weighted by Gasteiger charge is 2.35. The van der Waals surface area contributed by atoms with Gasteiger partial charge in [0.05, 0.1) is 35.3 Å². The molecule has 1 aliphatic rings. The second-order valence-electron chi connectivity index (χ2n) is 4.88. The molecule has 1 saturated heterocycles. The van der Waals surface area contributed by atoms with Gasteiger partial charge in [-0.25, -0.2) is 0 Å². The number of carboxylic acids is 1. The first kappa shape index (κ1) is 20.2. The Hall–Kier alpha value is -2.08. The van der Waals surface area contributed by atoms with Crippen LogP contribution < -0.4 is 10.1 Å². The van der Waals surface area contributed by atoms with Crippen LogP contribution in [0.15, 0.2) is 26.8 Å². The van der Waals surface area contributed by atoms with Crippen molar-refractivity contribution in [3.63, 3.8) is 0 Å². The molecule has 1 fully saturated rings. The van der Waals surface area contributed by atoms with Gasteiger partial charge in [0.25, 0.3) is 0 Å². The molecule has 2 rings (SSSR count). The summed E-state index contributed by atoms with van der Waals surface area (Å²) in [5.74, 6) is -1.78. The highest BCUT2D eigenvalue weighted by atomic mass is 79.9. The van der Waals surface area contributed by atoms with Gasteiger partial charge in [0.2, 0.25) is 5.91 Å². The first-order chi connectivity index (χ1) is 12.1. The number of halogens is 4. The summed E-state index contributed by atoms with van der Waals surface area (Å²) in [6, 6.07) is 2.07. The van der Waals surface area contributed by atoms with Gasteiger partial charge in [-0.05, 0) is 28.1 Å². The number of carbonyl (C=O) groups is 2. The van der Waals surface area contributed by atoms with Crippen molar-refractivity contribution in [1.82, 2.24) is 5.32 Å². The molecule has 1 aromatic carbocycles. The lowest BCUT2D eigenvalue weighted by Gasteiger charge is -2.14. The van der Waals surface area contributed by atoms with Crippen molar-refractivity contribution >= 4 is 51.0 Å². The fourth-order valence-electron chi connectivity index (χ4n) is 2.04. The van der Waals surface area contributed by atoms with Gasteiger partial charge in [-0.15, -0.1) is 5.10 Å². The van der Waals surface area contributed by atoms with E-state index in [1.165, 1.54) is 13.2 Å². The number of rotatable bonds is 5. The smallest absolute Gasteiger partial charge is 0.417 e. The number of nitrogens with zero attached hydrogens (tertiary/aromatic N) is 2. The third-order valence-corrected chi connectivity index (χ3v) is 4.83. The Morgan fingerprint density at radius 2 is 2.19 bits per heavy atom. The van der Waals surface area contributed by atoms with E-state index in [4.69, 9.17) is 9.84 Å². The highest BCUT2D eigenvalue weighted by molar-refractivity contribution is 9.10. The minimum absolute atomic E-state index is 0.0000207. The lowest BCUT2D eigenvalue weighted by molar-refractivity contribution is -0.138. The van der Waals surface area contributed by atoms with Crippen LogP contribution in [-0.4, -0.2) is 40.7 Å². The van der Waals surface area contributed by atoms with E-state index in [1.807, 2.05) is 0 Å². The Kier molecular flexibility index (Phi) is 6.29. The molecule has 0 spiro atoms. The van der Waals surface area contributed by atoms with Crippen molar-refractivity contribution in [2.24, 2.45) is 10.2 Å². The molecular weight excluding hydrogens is 443 g/mol. The number of alkyl halides is 3. The molecule has 0 radical (unpaired) electrons. The summed E-state index contributed by atoms with van der Waals surface area (Å²) in [6.07, 6.45) is -4.18. The highest BCUT2D eigenvalue weighted by Crippen LogP contribution is 2.38. The monoisotopic (exact) mass is 453 g/mol. The van der Waals surface area contributed by atoms with Crippen molar-refractivity contribution in [2.75, 3.05) is 7.11 Å². The van der Waals surface area contributed by atoms with Crippen molar-refractivity contribution in [2.45, 2.75) is 17.8 Å². The molecular formula is C14H11BrF3N3O4S. The number of carbonyl (C=O) groups excluding carboxylic acids is 1. The summed E-state index contributed by atoms with van der Waals surface area (Å²) in [5.41, 5.74) is -1.30. The molecule has 12 heteroatoms. The van der Waals surface area contributed by atoms with Crippen LogP contribution in [0.1, 0.15) is 17.5 Å². The molecule has 0 bridgehead atoms. The van der Waals surface area contributed by atoms with Gasteiger partial charge in [-0.3, -0.25) is 9.59 Å². The summed E-state index contributed by atoms with van der Waals surface area (Å²) < 4.78 is 44.8. The number of amidine groups is 1. The zero-order chi connectivity index (χ0) is 19.5. The van der Waals surface area contributed by atoms with E-state index in [1.54, 1.807) is 0 Å². The Morgan fingerprint density at radius 3 is 2.77 bits per heavy atom. The van der Waals surface area contributed by atoms with E-state index in [2.05, 4.69) is 31.4 Å². The van der Waals surface area contributed by atoms with Gasteiger partial charge in [-0.2, -0.15) is 18.3 Å². The van der Waals surface area contributed by atoms with Crippen LogP contribution in [0.25, 0.3) is 0 Å². The second kappa shape index (κ2) is 8.08. The Labute approximate surface area is 157 Å². The van der Waals surface area contributed by atoms with E-state index in [0.29, 0.717) is 4.47 Å².